The average Bonchev–Trinajstić information content (AvgIpc) is 3.48. The van der Waals surface area contributed by atoms with Crippen LogP contribution in [0.5, 0.6) is 0 Å². The summed E-state index contributed by atoms with van der Waals surface area (Å²) in [6.45, 7) is 7.96. The predicted octanol–water partition coefficient (Wildman–Crippen LogP) is 6.55. The van der Waals surface area contributed by atoms with Crippen molar-refractivity contribution in [1.82, 2.24) is 24.7 Å². The minimum absolute atomic E-state index is 0.120. The largest absolute Gasteiger partial charge is 0.342 e. The first-order chi connectivity index (χ1) is 21.6. The maximum atomic E-state index is 14.6. The van der Waals surface area contributed by atoms with Gasteiger partial charge in [0.15, 0.2) is 4.84 Å². The number of likely N-dealkylation sites (tertiary alicyclic amines) is 1. The number of carbonyl (C=O) groups excluding carboxylic acids is 2. The van der Waals surface area contributed by atoms with Crippen LogP contribution in [0.1, 0.15) is 76.2 Å². The number of nitrogens with zero attached hydrogens (tertiary/aromatic N) is 4. The zero-order valence-corrected chi connectivity index (χ0v) is 27.9. The summed E-state index contributed by atoms with van der Waals surface area (Å²) in [5.74, 6) is 0.0538. The molecule has 3 saturated heterocycles. The zero-order chi connectivity index (χ0) is 31.9. The van der Waals surface area contributed by atoms with Gasteiger partial charge >= 0.3 is 0 Å². The lowest BCUT2D eigenvalue weighted by atomic mass is 9.70. The number of para-hydroxylation sites is 2. The highest BCUT2D eigenvalue weighted by molar-refractivity contribution is 6.53. The SMILES string of the molecule is Cc1nc2ccccc2n1[C@H]1C[C@H]2CC[C@@H](C1)N2CCC1(c2cccc(F)c2)CCN(C(=O)[C@@H](NC(=O)C(Cl)Cl)C(C)C)CC1. The molecule has 242 valence electrons. The highest BCUT2D eigenvalue weighted by Crippen LogP contribution is 2.45. The first kappa shape index (κ1) is 32.3. The Kier molecular flexibility index (Phi) is 9.47. The molecule has 10 heteroatoms. The summed E-state index contributed by atoms with van der Waals surface area (Å²) >= 11 is 11.5. The maximum absolute atomic E-state index is 14.6. The summed E-state index contributed by atoms with van der Waals surface area (Å²) in [7, 11) is 0. The Morgan fingerprint density at radius 2 is 1.71 bits per heavy atom. The van der Waals surface area contributed by atoms with Crippen molar-refractivity contribution in [3.63, 3.8) is 0 Å². The number of hydrogen-bond donors (Lipinski definition) is 1. The van der Waals surface area contributed by atoms with Crippen LogP contribution in [0.25, 0.3) is 11.0 Å². The predicted molar refractivity (Wildman–Crippen MR) is 177 cm³/mol. The number of hydrogen-bond acceptors (Lipinski definition) is 4. The van der Waals surface area contributed by atoms with Crippen LogP contribution >= 0.6 is 23.2 Å². The number of aromatic nitrogens is 2. The molecule has 6 rings (SSSR count). The molecule has 1 aromatic heterocycles. The Bertz CT molecular complexity index is 1520. The third-order valence-corrected chi connectivity index (χ3v) is 11.1. The van der Waals surface area contributed by atoms with Gasteiger partial charge in [0.25, 0.3) is 5.91 Å². The normalized spacial score (nSPS) is 24.0. The average molecular weight is 657 g/mol. The number of fused-ring (bicyclic) bond motifs is 3. The number of aryl methyl sites for hydroxylation is 1. The number of rotatable bonds is 9. The van der Waals surface area contributed by atoms with E-state index in [1.807, 2.05) is 24.8 Å². The fourth-order valence-corrected chi connectivity index (χ4v) is 8.50. The fourth-order valence-electron chi connectivity index (χ4n) is 8.37. The Labute approximate surface area is 275 Å². The van der Waals surface area contributed by atoms with Gasteiger partial charge in [-0.25, -0.2) is 9.37 Å². The molecule has 0 spiro atoms. The molecule has 0 aliphatic carbocycles. The smallest absolute Gasteiger partial charge is 0.253 e. The van der Waals surface area contributed by atoms with Crippen LogP contribution in [-0.2, 0) is 15.0 Å². The summed E-state index contributed by atoms with van der Waals surface area (Å²) in [4.78, 5) is 34.0. The molecular formula is C35H44Cl2FN5O2. The zero-order valence-electron chi connectivity index (χ0n) is 26.4. The summed E-state index contributed by atoms with van der Waals surface area (Å²) in [5, 5.41) is 2.73. The molecule has 3 aliphatic heterocycles. The summed E-state index contributed by atoms with van der Waals surface area (Å²) in [6, 6.07) is 16.3. The van der Waals surface area contributed by atoms with E-state index < -0.39 is 16.8 Å². The van der Waals surface area contributed by atoms with Crippen molar-refractivity contribution in [3.05, 3.63) is 65.7 Å². The molecule has 3 aliphatic rings. The number of halogens is 3. The molecule has 3 aromatic rings. The van der Waals surface area contributed by atoms with E-state index in [0.717, 1.165) is 55.6 Å². The lowest BCUT2D eigenvalue weighted by Crippen LogP contribution is -2.55. The highest BCUT2D eigenvalue weighted by atomic mass is 35.5. The standard InChI is InChI=1S/C35H44Cl2FN5O2/c1-22(2)31(40-33(44)32(36)37)34(45)41-16-13-35(14-17-41,24-7-6-8-25(38)19-24)15-18-42-26-11-12-27(42)21-28(20-26)43-23(3)39-29-9-4-5-10-30(29)43/h4-10,19,22,26-28,31-32H,11-18,20-21H2,1-3H3,(H,40,44)/t26-,27+,28+,31-/m0/s1. The molecule has 2 aromatic carbocycles. The highest BCUT2D eigenvalue weighted by Gasteiger charge is 2.45. The number of nitrogens with one attached hydrogen (secondary N) is 1. The minimum Gasteiger partial charge on any atom is -0.342 e. The van der Waals surface area contributed by atoms with Gasteiger partial charge in [-0.3, -0.25) is 14.5 Å². The molecule has 4 heterocycles. The molecule has 45 heavy (non-hydrogen) atoms. The van der Waals surface area contributed by atoms with Gasteiger partial charge in [0.1, 0.15) is 17.7 Å². The Hall–Kier alpha value is -2.68. The quantitative estimate of drug-likeness (QED) is 0.266. The van der Waals surface area contributed by atoms with Crippen LogP contribution in [0.3, 0.4) is 0 Å². The van der Waals surface area contributed by atoms with Crippen molar-refractivity contribution >= 4 is 46.0 Å². The van der Waals surface area contributed by atoms with Crippen molar-refractivity contribution in [3.8, 4) is 0 Å². The molecule has 4 atom stereocenters. The number of imidazole rings is 1. The van der Waals surface area contributed by atoms with Crippen molar-refractivity contribution in [2.45, 2.75) is 100 Å². The van der Waals surface area contributed by atoms with E-state index in [0.29, 0.717) is 31.2 Å². The summed E-state index contributed by atoms with van der Waals surface area (Å²) in [5.41, 5.74) is 3.07. The summed E-state index contributed by atoms with van der Waals surface area (Å²) < 4.78 is 17.0. The molecule has 7 nitrogen and oxygen atoms in total. The minimum atomic E-state index is -1.23. The van der Waals surface area contributed by atoms with Gasteiger partial charge in [-0.2, -0.15) is 0 Å². The molecule has 3 fully saturated rings. The van der Waals surface area contributed by atoms with E-state index >= 15 is 0 Å². The number of carbonyl (C=O) groups is 2. The molecule has 1 N–H and O–H groups in total. The number of alkyl halides is 2. The molecule has 0 unspecified atom stereocenters. The Morgan fingerprint density at radius 3 is 2.36 bits per heavy atom. The number of amides is 2. The maximum Gasteiger partial charge on any atom is 0.253 e. The third-order valence-electron chi connectivity index (χ3n) is 10.7. The van der Waals surface area contributed by atoms with Crippen LogP contribution < -0.4 is 5.32 Å². The third kappa shape index (κ3) is 6.48. The van der Waals surface area contributed by atoms with Crippen LogP contribution in [0.4, 0.5) is 4.39 Å². The topological polar surface area (TPSA) is 70.5 Å². The van der Waals surface area contributed by atoms with E-state index in [1.54, 1.807) is 12.1 Å². The van der Waals surface area contributed by atoms with Crippen LogP contribution in [-0.4, -0.2) is 73.8 Å². The molecule has 0 radical (unpaired) electrons. The lowest BCUT2D eigenvalue weighted by molar-refractivity contribution is -0.138. The van der Waals surface area contributed by atoms with Crippen molar-refractivity contribution in [2.24, 2.45) is 5.92 Å². The molecule has 0 saturated carbocycles. The molecular weight excluding hydrogens is 612 g/mol. The lowest BCUT2D eigenvalue weighted by Gasteiger charge is -2.46. The van der Waals surface area contributed by atoms with E-state index in [2.05, 4.69) is 46.0 Å². The van der Waals surface area contributed by atoms with Crippen molar-refractivity contribution in [1.29, 1.82) is 0 Å². The Morgan fingerprint density at radius 1 is 1.02 bits per heavy atom. The number of benzene rings is 2. The second-order valence-corrected chi connectivity index (χ2v) is 14.8. The molecule has 2 amide bonds. The van der Waals surface area contributed by atoms with Gasteiger partial charge in [0.2, 0.25) is 5.91 Å². The van der Waals surface area contributed by atoms with Crippen molar-refractivity contribution in [2.75, 3.05) is 19.6 Å². The van der Waals surface area contributed by atoms with E-state index in [1.165, 1.54) is 24.4 Å². The van der Waals surface area contributed by atoms with E-state index in [4.69, 9.17) is 28.2 Å². The first-order valence-electron chi connectivity index (χ1n) is 16.4. The van der Waals surface area contributed by atoms with Crippen LogP contribution in [0.15, 0.2) is 48.5 Å². The first-order valence-corrected chi connectivity index (χ1v) is 17.3. The Balaban J connectivity index is 1.16. The van der Waals surface area contributed by atoms with E-state index in [9.17, 15) is 14.0 Å². The van der Waals surface area contributed by atoms with Gasteiger partial charge in [0.05, 0.1) is 11.0 Å². The molecule has 2 bridgehead atoms. The van der Waals surface area contributed by atoms with Crippen LogP contribution in [0, 0.1) is 18.7 Å². The van der Waals surface area contributed by atoms with Crippen molar-refractivity contribution < 1.29 is 14.0 Å². The monoisotopic (exact) mass is 655 g/mol. The second kappa shape index (κ2) is 13.2. The van der Waals surface area contributed by atoms with Gasteiger partial charge in [-0.1, -0.05) is 61.3 Å². The van der Waals surface area contributed by atoms with Gasteiger partial charge < -0.3 is 14.8 Å². The fraction of sp³-hybridized carbons (Fsp3) is 0.571. The summed E-state index contributed by atoms with van der Waals surface area (Å²) in [6.07, 6.45) is 7.02. The van der Waals surface area contributed by atoms with E-state index in [-0.39, 0.29) is 23.1 Å². The van der Waals surface area contributed by atoms with Crippen LogP contribution in [0.2, 0.25) is 0 Å². The number of piperidine rings is 2. The van der Waals surface area contributed by atoms with Gasteiger partial charge in [-0.15, -0.1) is 0 Å². The van der Waals surface area contributed by atoms with Gasteiger partial charge in [-0.05, 0) is 99.6 Å². The van der Waals surface area contributed by atoms with Gasteiger partial charge in [0, 0.05) is 31.2 Å². The second-order valence-electron chi connectivity index (χ2n) is 13.7.